The molecule has 0 saturated carbocycles. The van der Waals surface area contributed by atoms with Crippen molar-refractivity contribution in [3.63, 3.8) is 0 Å². The van der Waals surface area contributed by atoms with Crippen molar-refractivity contribution in [1.29, 1.82) is 0 Å². The first kappa shape index (κ1) is 13.8. The first-order valence-corrected chi connectivity index (χ1v) is 6.67. The Balaban J connectivity index is 2.10. The molecule has 0 radical (unpaired) electrons. The molecule has 1 aliphatic rings. The maximum absolute atomic E-state index is 12.1. The zero-order chi connectivity index (χ0) is 14.3. The van der Waals surface area contributed by atoms with Gasteiger partial charge in [-0.2, -0.15) is 5.10 Å². The van der Waals surface area contributed by atoms with E-state index in [-0.39, 0.29) is 11.3 Å². The molecule has 0 bridgehead atoms. The predicted molar refractivity (Wildman–Crippen MR) is 78.0 cm³/mol. The van der Waals surface area contributed by atoms with Crippen LogP contribution in [0.15, 0.2) is 29.4 Å². The van der Waals surface area contributed by atoms with Gasteiger partial charge in [0.25, 0.3) is 5.91 Å². The van der Waals surface area contributed by atoms with E-state index in [0.717, 1.165) is 5.56 Å². The molecule has 19 heavy (non-hydrogen) atoms. The van der Waals surface area contributed by atoms with Crippen molar-refractivity contribution in [2.75, 3.05) is 0 Å². The molecule has 3 heteroatoms. The highest BCUT2D eigenvalue weighted by atomic mass is 16.2. The number of hydrogen-bond donors (Lipinski definition) is 0. The maximum Gasteiger partial charge on any atom is 0.254 e. The fourth-order valence-corrected chi connectivity index (χ4v) is 2.05. The third-order valence-electron chi connectivity index (χ3n) is 3.46. The first-order chi connectivity index (χ1) is 8.70. The lowest BCUT2D eigenvalue weighted by Gasteiger charge is -2.20. The molecule has 1 aromatic rings. The van der Waals surface area contributed by atoms with Gasteiger partial charge in [-0.1, -0.05) is 45.0 Å². The fraction of sp³-hybridized carbons (Fsp3) is 0.500. The van der Waals surface area contributed by atoms with Gasteiger partial charge in [-0.3, -0.25) is 4.79 Å². The van der Waals surface area contributed by atoms with Crippen LogP contribution in [0.5, 0.6) is 0 Å². The molecule has 0 N–H and O–H groups in total. The lowest BCUT2D eigenvalue weighted by molar-refractivity contribution is -0.135. The molecule has 0 aromatic heterocycles. The lowest BCUT2D eigenvalue weighted by atomic mass is 9.87. The highest BCUT2D eigenvalue weighted by Gasteiger charge is 2.35. The van der Waals surface area contributed by atoms with Gasteiger partial charge in [0.15, 0.2) is 0 Å². The predicted octanol–water partition coefficient (Wildman–Crippen LogP) is 3.34. The van der Waals surface area contributed by atoms with Crippen LogP contribution in [-0.2, 0) is 16.8 Å². The van der Waals surface area contributed by atoms with E-state index in [0.29, 0.717) is 6.54 Å². The minimum Gasteiger partial charge on any atom is -0.272 e. The van der Waals surface area contributed by atoms with Crippen LogP contribution in [0.4, 0.5) is 0 Å². The van der Waals surface area contributed by atoms with Crippen molar-refractivity contribution >= 4 is 12.1 Å². The average molecular weight is 258 g/mol. The van der Waals surface area contributed by atoms with E-state index in [1.165, 1.54) is 5.56 Å². The lowest BCUT2D eigenvalue weighted by Crippen LogP contribution is -2.31. The second kappa shape index (κ2) is 4.48. The van der Waals surface area contributed by atoms with E-state index >= 15 is 0 Å². The van der Waals surface area contributed by atoms with Gasteiger partial charge in [-0.15, -0.1) is 0 Å². The van der Waals surface area contributed by atoms with Gasteiger partial charge in [0.05, 0.1) is 12.0 Å². The van der Waals surface area contributed by atoms with Crippen LogP contribution in [0.25, 0.3) is 0 Å². The van der Waals surface area contributed by atoms with Gasteiger partial charge in [0, 0.05) is 6.21 Å². The zero-order valence-corrected chi connectivity index (χ0v) is 12.4. The molecule has 0 fully saturated rings. The maximum atomic E-state index is 12.1. The molecule has 3 nitrogen and oxygen atoms in total. The summed E-state index contributed by atoms with van der Waals surface area (Å²) >= 11 is 0. The molecule has 2 rings (SSSR count). The van der Waals surface area contributed by atoms with Crippen molar-refractivity contribution in [1.82, 2.24) is 5.01 Å². The summed E-state index contributed by atoms with van der Waals surface area (Å²) in [7, 11) is 0. The van der Waals surface area contributed by atoms with Crippen molar-refractivity contribution in [2.24, 2.45) is 10.5 Å². The Bertz CT molecular complexity index is 507. The van der Waals surface area contributed by atoms with Crippen molar-refractivity contribution in [3.8, 4) is 0 Å². The number of nitrogens with zero attached hydrogens (tertiary/aromatic N) is 2. The number of amides is 1. The van der Waals surface area contributed by atoms with Gasteiger partial charge in [0.1, 0.15) is 0 Å². The smallest absolute Gasteiger partial charge is 0.254 e. The summed E-state index contributed by atoms with van der Waals surface area (Å²) in [6, 6.07) is 8.42. The van der Waals surface area contributed by atoms with Crippen molar-refractivity contribution in [2.45, 2.75) is 46.6 Å². The summed E-state index contributed by atoms with van der Waals surface area (Å²) in [6.45, 7) is 10.9. The minimum atomic E-state index is -0.467. The molecule has 1 amide bonds. The molecule has 0 unspecified atom stereocenters. The van der Waals surface area contributed by atoms with E-state index in [4.69, 9.17) is 0 Å². The Hall–Kier alpha value is -1.64. The number of rotatable bonds is 2. The monoisotopic (exact) mass is 258 g/mol. The van der Waals surface area contributed by atoms with E-state index in [1.54, 1.807) is 11.2 Å². The molecule has 0 saturated heterocycles. The van der Waals surface area contributed by atoms with Gasteiger partial charge in [-0.25, -0.2) is 5.01 Å². The summed E-state index contributed by atoms with van der Waals surface area (Å²) in [5.74, 6) is 0.0624. The summed E-state index contributed by atoms with van der Waals surface area (Å²) in [6.07, 6.45) is 1.72. The Labute approximate surface area is 115 Å². The number of hydrogen-bond acceptors (Lipinski definition) is 2. The molecular formula is C16H22N2O. The number of carbonyl (C=O) groups excluding carboxylic acids is 1. The largest absolute Gasteiger partial charge is 0.272 e. The second-order valence-electron chi connectivity index (χ2n) is 6.78. The van der Waals surface area contributed by atoms with Crippen LogP contribution in [0.3, 0.4) is 0 Å². The average Bonchev–Trinajstić information content (AvgIpc) is 2.56. The first-order valence-electron chi connectivity index (χ1n) is 6.67. The van der Waals surface area contributed by atoms with Gasteiger partial charge in [0.2, 0.25) is 0 Å². The highest BCUT2D eigenvalue weighted by molar-refractivity contribution is 6.01. The molecule has 0 aliphatic carbocycles. The van der Waals surface area contributed by atoms with Crippen molar-refractivity contribution in [3.05, 3.63) is 35.4 Å². The van der Waals surface area contributed by atoms with Crippen LogP contribution >= 0.6 is 0 Å². The molecule has 0 atom stereocenters. The van der Waals surface area contributed by atoms with Gasteiger partial charge >= 0.3 is 0 Å². The molecule has 0 spiro atoms. The summed E-state index contributed by atoms with van der Waals surface area (Å²) in [5.41, 5.74) is 2.09. The SMILES string of the molecule is CC1(C)C=NN(Cc2ccc(C(C)(C)C)cc2)C1=O. The second-order valence-corrected chi connectivity index (χ2v) is 6.78. The fourth-order valence-electron chi connectivity index (χ4n) is 2.05. The summed E-state index contributed by atoms with van der Waals surface area (Å²) in [4.78, 5) is 12.1. The van der Waals surface area contributed by atoms with E-state index < -0.39 is 5.41 Å². The van der Waals surface area contributed by atoms with Gasteiger partial charge in [-0.05, 0) is 30.4 Å². The third-order valence-corrected chi connectivity index (χ3v) is 3.46. The Morgan fingerprint density at radius 1 is 1.16 bits per heavy atom. The van der Waals surface area contributed by atoms with Crippen LogP contribution in [-0.4, -0.2) is 17.1 Å². The quantitative estimate of drug-likeness (QED) is 0.800. The molecule has 1 aliphatic heterocycles. The molecule has 1 aromatic carbocycles. The van der Waals surface area contributed by atoms with Crippen LogP contribution in [0.2, 0.25) is 0 Å². The van der Waals surface area contributed by atoms with E-state index in [1.807, 2.05) is 13.8 Å². The summed E-state index contributed by atoms with van der Waals surface area (Å²) in [5, 5.41) is 5.74. The van der Waals surface area contributed by atoms with Crippen LogP contribution < -0.4 is 0 Å². The van der Waals surface area contributed by atoms with E-state index in [9.17, 15) is 4.79 Å². The Kier molecular flexibility index (Phi) is 3.25. The number of benzene rings is 1. The third kappa shape index (κ3) is 2.86. The topological polar surface area (TPSA) is 32.7 Å². The molecule has 1 heterocycles. The van der Waals surface area contributed by atoms with Gasteiger partial charge < -0.3 is 0 Å². The highest BCUT2D eigenvalue weighted by Crippen LogP contribution is 2.26. The molecule has 102 valence electrons. The Morgan fingerprint density at radius 2 is 1.74 bits per heavy atom. The standard InChI is InChI=1S/C16H22N2O/c1-15(2,3)13-8-6-12(7-9-13)10-18-14(19)16(4,5)11-17-18/h6-9,11H,10H2,1-5H3. The Morgan fingerprint density at radius 3 is 2.16 bits per heavy atom. The minimum absolute atomic E-state index is 0.0624. The number of hydrazone groups is 1. The zero-order valence-electron chi connectivity index (χ0n) is 12.4. The normalized spacial score (nSPS) is 18.2. The number of carbonyl (C=O) groups is 1. The van der Waals surface area contributed by atoms with Crippen LogP contribution in [0.1, 0.15) is 45.7 Å². The van der Waals surface area contributed by atoms with Crippen molar-refractivity contribution < 1.29 is 4.79 Å². The van der Waals surface area contributed by atoms with Crippen LogP contribution in [0, 0.1) is 5.41 Å². The molecular weight excluding hydrogens is 236 g/mol. The summed E-state index contributed by atoms with van der Waals surface area (Å²) < 4.78 is 0. The van der Waals surface area contributed by atoms with E-state index in [2.05, 4.69) is 50.1 Å².